The van der Waals surface area contributed by atoms with Gasteiger partial charge in [0.2, 0.25) is 11.8 Å². The van der Waals surface area contributed by atoms with Gasteiger partial charge in [0.1, 0.15) is 17.4 Å². The Balaban J connectivity index is 4.45. The Hall–Kier alpha value is -1.21. The average molecular weight is 356 g/mol. The molecule has 0 saturated heterocycles. The predicted molar refractivity (Wildman–Crippen MR) is 85.3 cm³/mol. The number of nitrogens with one attached hydrogen (secondary N) is 2. The standard InChI is InChI=1S/C13H23Cl2N3O4/c1-13(2,3)22-12(21)18(6-4-16-10(19)8-14)7-5-17-11(20)9-15/h4-9H2,1-3H3,(H,16,19)(H,17,20). The maximum absolute atomic E-state index is 12.1. The Labute approximate surface area is 140 Å². The zero-order valence-corrected chi connectivity index (χ0v) is 14.6. The van der Waals surface area contributed by atoms with E-state index in [1.165, 1.54) is 4.90 Å². The third-order valence-corrected chi connectivity index (χ3v) is 2.79. The molecule has 0 fully saturated rings. The molecule has 0 saturated carbocycles. The molecule has 128 valence electrons. The molecular weight excluding hydrogens is 333 g/mol. The summed E-state index contributed by atoms with van der Waals surface area (Å²) in [6, 6.07) is 0. The minimum atomic E-state index is -0.631. The van der Waals surface area contributed by atoms with Crippen molar-refractivity contribution in [3.63, 3.8) is 0 Å². The van der Waals surface area contributed by atoms with Crippen LogP contribution in [0.2, 0.25) is 0 Å². The highest BCUT2D eigenvalue weighted by atomic mass is 35.5. The molecule has 7 nitrogen and oxygen atoms in total. The summed E-state index contributed by atoms with van der Waals surface area (Å²) in [5.74, 6) is -0.918. The number of hydrogen-bond donors (Lipinski definition) is 2. The van der Waals surface area contributed by atoms with E-state index in [0.29, 0.717) is 0 Å². The normalized spacial score (nSPS) is 10.8. The lowest BCUT2D eigenvalue weighted by Crippen LogP contribution is -2.45. The Bertz CT molecular complexity index is 364. The molecule has 0 aromatic heterocycles. The molecule has 22 heavy (non-hydrogen) atoms. The van der Waals surface area contributed by atoms with Crippen LogP contribution in [0.3, 0.4) is 0 Å². The van der Waals surface area contributed by atoms with Crippen molar-refractivity contribution in [1.82, 2.24) is 15.5 Å². The van der Waals surface area contributed by atoms with Crippen LogP contribution in [0.25, 0.3) is 0 Å². The molecule has 0 aromatic carbocycles. The summed E-state index contributed by atoms with van der Waals surface area (Å²) in [5, 5.41) is 5.12. The lowest BCUT2D eigenvalue weighted by Gasteiger charge is -2.27. The molecule has 0 aliphatic rings. The fourth-order valence-electron chi connectivity index (χ4n) is 1.38. The van der Waals surface area contributed by atoms with E-state index in [0.717, 1.165) is 0 Å². The average Bonchev–Trinajstić information content (AvgIpc) is 2.43. The maximum Gasteiger partial charge on any atom is 0.410 e. The fraction of sp³-hybridized carbons (Fsp3) is 0.769. The smallest absolute Gasteiger partial charge is 0.410 e. The summed E-state index contributed by atoms with van der Waals surface area (Å²) in [7, 11) is 0. The number of carbonyl (C=O) groups excluding carboxylic acids is 3. The summed E-state index contributed by atoms with van der Waals surface area (Å²) >= 11 is 10.7. The molecule has 0 spiro atoms. The van der Waals surface area contributed by atoms with Crippen molar-refractivity contribution in [2.24, 2.45) is 0 Å². The minimum Gasteiger partial charge on any atom is -0.444 e. The molecule has 0 aliphatic heterocycles. The highest BCUT2D eigenvalue weighted by Gasteiger charge is 2.21. The molecule has 0 bridgehead atoms. The van der Waals surface area contributed by atoms with E-state index in [2.05, 4.69) is 10.6 Å². The van der Waals surface area contributed by atoms with Crippen molar-refractivity contribution in [1.29, 1.82) is 0 Å². The molecule has 0 atom stereocenters. The summed E-state index contributed by atoms with van der Waals surface area (Å²) in [6.07, 6.45) is -0.521. The first-order valence-corrected chi connectivity index (χ1v) is 7.89. The van der Waals surface area contributed by atoms with E-state index < -0.39 is 11.7 Å². The first kappa shape index (κ1) is 20.8. The molecule has 0 aliphatic carbocycles. The van der Waals surface area contributed by atoms with E-state index in [9.17, 15) is 14.4 Å². The van der Waals surface area contributed by atoms with Crippen LogP contribution < -0.4 is 10.6 Å². The van der Waals surface area contributed by atoms with Crippen molar-refractivity contribution < 1.29 is 19.1 Å². The summed E-state index contributed by atoms with van der Waals surface area (Å²) in [4.78, 5) is 35.6. The second-order valence-corrected chi connectivity index (χ2v) is 5.97. The largest absolute Gasteiger partial charge is 0.444 e. The SMILES string of the molecule is CC(C)(C)OC(=O)N(CCNC(=O)CCl)CCNC(=O)CCl. The number of carbonyl (C=O) groups is 3. The van der Waals surface area contributed by atoms with Gasteiger partial charge in [-0.3, -0.25) is 9.59 Å². The minimum absolute atomic E-state index is 0.141. The Morgan fingerprint density at radius 1 is 0.955 bits per heavy atom. The van der Waals surface area contributed by atoms with Crippen LogP contribution in [-0.4, -0.2) is 66.3 Å². The number of ether oxygens (including phenoxy) is 1. The van der Waals surface area contributed by atoms with Gasteiger partial charge in [0.25, 0.3) is 0 Å². The quantitative estimate of drug-likeness (QED) is 0.634. The molecule has 9 heteroatoms. The highest BCUT2D eigenvalue weighted by Crippen LogP contribution is 2.09. The van der Waals surface area contributed by atoms with Crippen molar-refractivity contribution >= 4 is 41.1 Å². The third-order valence-electron chi connectivity index (χ3n) is 2.30. The number of hydrogen-bond acceptors (Lipinski definition) is 4. The molecule has 0 rings (SSSR count). The van der Waals surface area contributed by atoms with Crippen LogP contribution in [0.5, 0.6) is 0 Å². The monoisotopic (exact) mass is 355 g/mol. The van der Waals surface area contributed by atoms with Crippen LogP contribution in [-0.2, 0) is 14.3 Å². The van der Waals surface area contributed by atoms with E-state index in [4.69, 9.17) is 27.9 Å². The van der Waals surface area contributed by atoms with Crippen LogP contribution in [0.4, 0.5) is 4.79 Å². The first-order valence-electron chi connectivity index (χ1n) is 6.83. The Kier molecular flexibility index (Phi) is 9.93. The molecule has 2 N–H and O–H groups in total. The number of halogens is 2. The topological polar surface area (TPSA) is 87.7 Å². The summed E-state index contributed by atoms with van der Waals surface area (Å²) in [6.45, 7) is 6.25. The molecule has 0 heterocycles. The highest BCUT2D eigenvalue weighted by molar-refractivity contribution is 6.27. The van der Waals surface area contributed by atoms with Crippen molar-refractivity contribution in [3.8, 4) is 0 Å². The van der Waals surface area contributed by atoms with Gasteiger partial charge in [-0.15, -0.1) is 23.2 Å². The van der Waals surface area contributed by atoms with E-state index in [1.807, 2.05) is 0 Å². The lowest BCUT2D eigenvalue weighted by molar-refractivity contribution is -0.119. The van der Waals surface area contributed by atoms with E-state index in [1.54, 1.807) is 20.8 Å². The second kappa shape index (κ2) is 10.5. The van der Waals surface area contributed by atoms with Crippen LogP contribution in [0.1, 0.15) is 20.8 Å². The second-order valence-electron chi connectivity index (χ2n) is 5.43. The third kappa shape index (κ3) is 10.5. The predicted octanol–water partition coefficient (Wildman–Crippen LogP) is 0.934. The summed E-state index contributed by atoms with van der Waals surface area (Å²) in [5.41, 5.74) is -0.631. The zero-order chi connectivity index (χ0) is 17.2. The number of rotatable bonds is 8. The zero-order valence-electron chi connectivity index (χ0n) is 13.1. The molecule has 0 aromatic rings. The van der Waals surface area contributed by atoms with Crippen molar-refractivity contribution in [3.05, 3.63) is 0 Å². The fourth-order valence-corrected chi connectivity index (χ4v) is 1.56. The van der Waals surface area contributed by atoms with Gasteiger partial charge < -0.3 is 20.3 Å². The first-order chi connectivity index (χ1) is 10.2. The van der Waals surface area contributed by atoms with Crippen molar-refractivity contribution in [2.75, 3.05) is 37.9 Å². The molecule has 0 radical (unpaired) electrons. The molecule has 3 amide bonds. The van der Waals surface area contributed by atoms with E-state index >= 15 is 0 Å². The number of nitrogens with zero attached hydrogens (tertiary/aromatic N) is 1. The summed E-state index contributed by atoms with van der Waals surface area (Å²) < 4.78 is 5.28. The van der Waals surface area contributed by atoms with Crippen LogP contribution in [0.15, 0.2) is 0 Å². The van der Waals surface area contributed by atoms with Gasteiger partial charge in [-0.2, -0.15) is 0 Å². The van der Waals surface area contributed by atoms with Gasteiger partial charge in [-0.25, -0.2) is 4.79 Å². The Morgan fingerprint density at radius 2 is 1.36 bits per heavy atom. The van der Waals surface area contributed by atoms with Gasteiger partial charge in [0.15, 0.2) is 0 Å². The Morgan fingerprint density at radius 3 is 1.68 bits per heavy atom. The number of alkyl halides is 2. The van der Waals surface area contributed by atoms with Gasteiger partial charge in [-0.1, -0.05) is 0 Å². The van der Waals surface area contributed by atoms with Crippen LogP contribution in [0, 0.1) is 0 Å². The number of amides is 3. The van der Waals surface area contributed by atoms with Gasteiger partial charge in [0.05, 0.1) is 0 Å². The molecular formula is C13H23Cl2N3O4. The van der Waals surface area contributed by atoms with Gasteiger partial charge in [-0.05, 0) is 20.8 Å². The van der Waals surface area contributed by atoms with Gasteiger partial charge in [0, 0.05) is 26.2 Å². The van der Waals surface area contributed by atoms with Crippen molar-refractivity contribution in [2.45, 2.75) is 26.4 Å². The van der Waals surface area contributed by atoms with Crippen LogP contribution >= 0.6 is 23.2 Å². The molecule has 0 unspecified atom stereocenters. The maximum atomic E-state index is 12.1. The van der Waals surface area contributed by atoms with E-state index in [-0.39, 0.29) is 49.8 Å². The van der Waals surface area contributed by atoms with Gasteiger partial charge >= 0.3 is 6.09 Å². The lowest BCUT2D eigenvalue weighted by atomic mass is 10.2.